The number of anilines is 1. The molecule has 1 saturated carbocycles. The van der Waals surface area contributed by atoms with E-state index in [0.717, 1.165) is 24.6 Å². The molecule has 0 aliphatic heterocycles. The van der Waals surface area contributed by atoms with E-state index in [0.29, 0.717) is 33.9 Å². The van der Waals surface area contributed by atoms with Crippen molar-refractivity contribution in [2.45, 2.75) is 25.8 Å². The van der Waals surface area contributed by atoms with E-state index >= 15 is 0 Å². The molecular weight excluding hydrogens is 364 g/mol. The first-order valence-electron chi connectivity index (χ1n) is 8.68. The Hall–Kier alpha value is -2.86. The van der Waals surface area contributed by atoms with Gasteiger partial charge in [-0.3, -0.25) is 19.7 Å². The van der Waals surface area contributed by atoms with Gasteiger partial charge in [-0.2, -0.15) is 0 Å². The fraction of sp³-hybridized carbons (Fsp3) is 0.250. The number of halogens is 1. The number of amidine groups is 1. The molecule has 1 aromatic heterocycles. The number of benzene rings is 1. The Morgan fingerprint density at radius 2 is 2.19 bits per heavy atom. The summed E-state index contributed by atoms with van der Waals surface area (Å²) in [5, 5.41) is 4.66. The van der Waals surface area contributed by atoms with Gasteiger partial charge in [0.15, 0.2) is 11.6 Å². The Labute approximate surface area is 162 Å². The number of carbonyl (C=O) groups excluding carboxylic acids is 1. The van der Waals surface area contributed by atoms with Crippen LogP contribution in [-0.4, -0.2) is 31.5 Å². The molecule has 1 heterocycles. The van der Waals surface area contributed by atoms with Crippen molar-refractivity contribution in [2.75, 3.05) is 11.9 Å². The third-order valence-corrected chi connectivity index (χ3v) is 4.27. The number of nitrogens with one attached hydrogen (secondary N) is 1. The van der Waals surface area contributed by atoms with Gasteiger partial charge < -0.3 is 9.73 Å². The van der Waals surface area contributed by atoms with Gasteiger partial charge in [0.25, 0.3) is 0 Å². The summed E-state index contributed by atoms with van der Waals surface area (Å²) in [4.78, 5) is 21.6. The maximum atomic E-state index is 11.8. The molecule has 1 fully saturated rings. The molecule has 0 unspecified atom stereocenters. The predicted molar refractivity (Wildman–Crippen MR) is 111 cm³/mol. The fourth-order valence-corrected chi connectivity index (χ4v) is 2.79. The summed E-state index contributed by atoms with van der Waals surface area (Å²) < 4.78 is 6.04. The fourth-order valence-electron chi connectivity index (χ4n) is 2.62. The Balaban J connectivity index is 2.07. The zero-order valence-electron chi connectivity index (χ0n) is 15.2. The van der Waals surface area contributed by atoms with Crippen molar-refractivity contribution in [3.8, 4) is 0 Å². The van der Waals surface area contributed by atoms with E-state index < -0.39 is 0 Å². The van der Waals surface area contributed by atoms with Crippen molar-refractivity contribution >= 4 is 46.7 Å². The van der Waals surface area contributed by atoms with Crippen LogP contribution < -0.4 is 10.2 Å². The molecule has 1 N–H and O–H groups in total. The highest BCUT2D eigenvalue weighted by Crippen LogP contribution is 2.36. The Kier molecular flexibility index (Phi) is 6.08. The number of hydrogen-bond acceptors (Lipinski definition) is 4. The summed E-state index contributed by atoms with van der Waals surface area (Å²) in [5.41, 5.74) is 1.23. The summed E-state index contributed by atoms with van der Waals surface area (Å²) >= 11 is 6.18. The molecule has 7 heteroatoms. The normalized spacial score (nSPS) is 15.4. The van der Waals surface area contributed by atoms with Gasteiger partial charge in [-0.1, -0.05) is 11.6 Å². The SMILES string of the molecule is CC=N/C=C\C=C\N(C=O)c1c(C(=NC)NC2CC2)oc2ccc(Cl)cc12. The molecule has 2 aromatic rings. The van der Waals surface area contributed by atoms with Gasteiger partial charge in [0.2, 0.25) is 6.41 Å². The average molecular weight is 385 g/mol. The minimum Gasteiger partial charge on any atom is -0.451 e. The number of furan rings is 1. The maximum absolute atomic E-state index is 11.8. The number of aliphatic imine (C=N–C) groups is 2. The summed E-state index contributed by atoms with van der Waals surface area (Å²) in [6, 6.07) is 5.72. The molecule has 0 saturated heterocycles. The van der Waals surface area contributed by atoms with E-state index in [2.05, 4.69) is 15.3 Å². The number of nitrogens with zero attached hydrogens (tertiary/aromatic N) is 3. The van der Waals surface area contributed by atoms with E-state index in [1.54, 1.807) is 56.0 Å². The van der Waals surface area contributed by atoms with Crippen LogP contribution in [0.2, 0.25) is 5.02 Å². The van der Waals surface area contributed by atoms with E-state index in [1.807, 2.05) is 6.92 Å². The van der Waals surface area contributed by atoms with E-state index in [4.69, 9.17) is 16.0 Å². The number of fused-ring (bicyclic) bond motifs is 1. The Bertz CT molecular complexity index is 939. The van der Waals surface area contributed by atoms with Gasteiger partial charge in [-0.25, -0.2) is 0 Å². The largest absolute Gasteiger partial charge is 0.451 e. The summed E-state index contributed by atoms with van der Waals surface area (Å²) in [6.07, 6.45) is 11.4. The molecule has 0 spiro atoms. The topological polar surface area (TPSA) is 70.2 Å². The number of allylic oxidation sites excluding steroid dienone is 2. The highest BCUT2D eigenvalue weighted by atomic mass is 35.5. The molecule has 1 aliphatic rings. The van der Waals surface area contributed by atoms with Crippen LogP contribution in [0, 0.1) is 0 Å². The first-order chi connectivity index (χ1) is 13.2. The van der Waals surface area contributed by atoms with Gasteiger partial charge in [0.1, 0.15) is 11.3 Å². The van der Waals surface area contributed by atoms with Crippen LogP contribution in [0.25, 0.3) is 11.0 Å². The van der Waals surface area contributed by atoms with Gasteiger partial charge in [0.05, 0.1) is 0 Å². The standard InChI is InChI=1S/C20H21ClN4O2/c1-3-23-10-4-5-11-25(13-26)18-16-12-14(21)6-9-17(16)27-19(18)20(22-2)24-15-7-8-15/h3-6,9-13,15H,7-8H2,1-2H3,(H,22,24)/b10-4-,11-5+,23-3?. The third-order valence-electron chi connectivity index (χ3n) is 4.03. The lowest BCUT2D eigenvalue weighted by Gasteiger charge is -2.14. The molecule has 27 heavy (non-hydrogen) atoms. The molecule has 1 amide bonds. The van der Waals surface area contributed by atoms with Crippen LogP contribution in [0.4, 0.5) is 5.69 Å². The van der Waals surface area contributed by atoms with E-state index in [-0.39, 0.29) is 0 Å². The zero-order chi connectivity index (χ0) is 19.2. The average Bonchev–Trinajstić information content (AvgIpc) is 3.42. The predicted octanol–water partition coefficient (Wildman–Crippen LogP) is 4.30. The van der Waals surface area contributed by atoms with Crippen molar-refractivity contribution in [2.24, 2.45) is 9.98 Å². The van der Waals surface area contributed by atoms with Crippen LogP contribution in [0.1, 0.15) is 25.5 Å². The van der Waals surface area contributed by atoms with Crippen LogP contribution in [0.5, 0.6) is 0 Å². The molecule has 3 rings (SSSR count). The second-order valence-electron chi connectivity index (χ2n) is 6.01. The number of carbonyl (C=O) groups is 1. The number of hydrogen-bond donors (Lipinski definition) is 1. The van der Waals surface area contributed by atoms with Gasteiger partial charge >= 0.3 is 0 Å². The Morgan fingerprint density at radius 3 is 2.85 bits per heavy atom. The highest BCUT2D eigenvalue weighted by molar-refractivity contribution is 6.31. The van der Waals surface area contributed by atoms with Gasteiger partial charge in [-0.05, 0) is 50.1 Å². The van der Waals surface area contributed by atoms with Crippen LogP contribution in [0.3, 0.4) is 0 Å². The van der Waals surface area contributed by atoms with Crippen molar-refractivity contribution in [1.29, 1.82) is 0 Å². The quantitative estimate of drug-likeness (QED) is 0.335. The van der Waals surface area contributed by atoms with Crippen molar-refractivity contribution < 1.29 is 9.21 Å². The molecule has 0 radical (unpaired) electrons. The number of rotatable bonds is 7. The highest BCUT2D eigenvalue weighted by Gasteiger charge is 2.28. The van der Waals surface area contributed by atoms with E-state index in [1.165, 1.54) is 4.90 Å². The zero-order valence-corrected chi connectivity index (χ0v) is 16.0. The number of amides is 1. The van der Waals surface area contributed by atoms with Crippen LogP contribution in [0.15, 0.2) is 57.2 Å². The summed E-state index contributed by atoms with van der Waals surface area (Å²) in [5.74, 6) is 1.13. The maximum Gasteiger partial charge on any atom is 0.218 e. The lowest BCUT2D eigenvalue weighted by atomic mass is 10.2. The minimum absolute atomic E-state index is 0.392. The van der Waals surface area contributed by atoms with E-state index in [9.17, 15) is 4.79 Å². The summed E-state index contributed by atoms with van der Waals surface area (Å²) in [7, 11) is 1.70. The molecule has 6 nitrogen and oxygen atoms in total. The molecule has 0 atom stereocenters. The summed E-state index contributed by atoms with van der Waals surface area (Å²) in [6.45, 7) is 1.83. The molecular formula is C20H21ClN4O2. The molecule has 1 aliphatic carbocycles. The third kappa shape index (κ3) is 4.46. The Morgan fingerprint density at radius 1 is 1.37 bits per heavy atom. The van der Waals surface area contributed by atoms with Gasteiger partial charge in [-0.15, -0.1) is 0 Å². The molecule has 1 aromatic carbocycles. The first kappa shape index (κ1) is 18.9. The van der Waals surface area contributed by atoms with Crippen LogP contribution in [-0.2, 0) is 4.79 Å². The van der Waals surface area contributed by atoms with Crippen molar-refractivity contribution in [1.82, 2.24) is 5.32 Å². The second kappa shape index (κ2) is 8.68. The minimum atomic E-state index is 0.392. The monoisotopic (exact) mass is 384 g/mol. The van der Waals surface area contributed by atoms with Gasteiger partial charge in [0, 0.05) is 42.1 Å². The van der Waals surface area contributed by atoms with Crippen LogP contribution >= 0.6 is 11.6 Å². The smallest absolute Gasteiger partial charge is 0.218 e. The lowest BCUT2D eigenvalue weighted by Crippen LogP contribution is -2.28. The molecule has 140 valence electrons. The van der Waals surface area contributed by atoms with Crippen molar-refractivity contribution in [3.63, 3.8) is 0 Å². The molecule has 0 bridgehead atoms. The van der Waals surface area contributed by atoms with Crippen molar-refractivity contribution in [3.05, 3.63) is 53.5 Å². The second-order valence-corrected chi connectivity index (χ2v) is 6.45. The first-order valence-corrected chi connectivity index (χ1v) is 9.06. The lowest BCUT2D eigenvalue weighted by molar-refractivity contribution is -0.106.